The minimum absolute atomic E-state index is 0.00985. The third-order valence-electron chi connectivity index (χ3n) is 4.40. The predicted octanol–water partition coefficient (Wildman–Crippen LogP) is 2.07. The molecule has 8 heteroatoms. The van der Waals surface area contributed by atoms with Crippen LogP contribution in [0.25, 0.3) is 0 Å². The van der Waals surface area contributed by atoms with E-state index in [2.05, 4.69) is 9.71 Å². The Morgan fingerprint density at radius 3 is 2.72 bits per heavy atom. The zero-order valence-electron chi connectivity index (χ0n) is 14.7. The highest BCUT2D eigenvalue weighted by molar-refractivity contribution is 7.89. The van der Waals surface area contributed by atoms with Crippen molar-refractivity contribution in [1.82, 2.24) is 9.71 Å². The van der Waals surface area contributed by atoms with Crippen LogP contribution in [0.3, 0.4) is 0 Å². The first-order valence-corrected chi connectivity index (χ1v) is 9.52. The van der Waals surface area contributed by atoms with Crippen LogP contribution in [0.1, 0.15) is 36.8 Å². The van der Waals surface area contributed by atoms with Crippen molar-refractivity contribution < 1.29 is 17.6 Å². The van der Waals surface area contributed by atoms with E-state index in [0.717, 1.165) is 16.9 Å². The maximum Gasteiger partial charge on any atom is 0.241 e. The lowest BCUT2D eigenvalue weighted by Crippen LogP contribution is -2.33. The molecule has 1 aromatic heterocycles. The Morgan fingerprint density at radius 1 is 1.40 bits per heavy atom. The van der Waals surface area contributed by atoms with Gasteiger partial charge in [-0.05, 0) is 51.0 Å². The number of fused-ring (bicyclic) bond motifs is 1. The summed E-state index contributed by atoms with van der Waals surface area (Å²) in [5, 5.41) is 0. The number of nitrogens with one attached hydrogen (secondary N) is 1. The Morgan fingerprint density at radius 2 is 2.12 bits per heavy atom. The molecule has 1 N–H and O–H groups in total. The molecule has 0 bridgehead atoms. The highest BCUT2D eigenvalue weighted by Gasteiger charge is 2.30. The molecule has 1 aromatic carbocycles. The summed E-state index contributed by atoms with van der Waals surface area (Å²) in [5.41, 5.74) is 2.37. The van der Waals surface area contributed by atoms with E-state index < -0.39 is 10.0 Å². The molecule has 0 saturated heterocycles. The fraction of sp³-hybridized carbons (Fsp3) is 0.412. The first-order chi connectivity index (χ1) is 11.7. The zero-order chi connectivity index (χ0) is 18.4. The Bertz CT molecular complexity index is 914. The highest BCUT2D eigenvalue weighted by Crippen LogP contribution is 2.33. The average Bonchev–Trinajstić information content (AvgIpc) is 3.03. The zero-order valence-corrected chi connectivity index (χ0v) is 15.5. The molecule has 25 heavy (non-hydrogen) atoms. The third-order valence-corrected chi connectivity index (χ3v) is 5.80. The van der Waals surface area contributed by atoms with Crippen LogP contribution in [-0.2, 0) is 27.8 Å². The van der Waals surface area contributed by atoms with Crippen molar-refractivity contribution in [2.75, 3.05) is 4.90 Å². The van der Waals surface area contributed by atoms with Crippen LogP contribution in [0.2, 0.25) is 0 Å². The molecule has 0 saturated carbocycles. The Labute approximate surface area is 147 Å². The maximum atomic E-state index is 12.5. The number of carbonyl (C=O) groups is 1. The number of sulfonamides is 1. The molecular formula is C17H21N3O4S. The summed E-state index contributed by atoms with van der Waals surface area (Å²) in [5.74, 6) is 0.954. The molecule has 7 nitrogen and oxygen atoms in total. The predicted molar refractivity (Wildman–Crippen MR) is 92.8 cm³/mol. The number of aryl methyl sites for hydroxylation is 2. The van der Waals surface area contributed by atoms with Crippen molar-refractivity contribution in [1.29, 1.82) is 0 Å². The second-order valence-electron chi connectivity index (χ2n) is 6.31. The summed E-state index contributed by atoms with van der Waals surface area (Å²) in [6.45, 7) is 7.03. The van der Waals surface area contributed by atoms with E-state index in [1.807, 2.05) is 6.92 Å². The molecule has 0 radical (unpaired) electrons. The quantitative estimate of drug-likeness (QED) is 0.898. The molecule has 134 valence electrons. The van der Waals surface area contributed by atoms with Gasteiger partial charge in [-0.3, -0.25) is 4.79 Å². The van der Waals surface area contributed by atoms with Gasteiger partial charge in [0.25, 0.3) is 0 Å². The number of carbonyl (C=O) groups excluding carboxylic acids is 1. The van der Waals surface area contributed by atoms with Gasteiger partial charge in [0.05, 0.1) is 17.1 Å². The van der Waals surface area contributed by atoms with E-state index in [0.29, 0.717) is 18.1 Å². The normalized spacial score (nSPS) is 17.0. The van der Waals surface area contributed by atoms with Crippen molar-refractivity contribution in [3.8, 4) is 0 Å². The van der Waals surface area contributed by atoms with Crippen molar-refractivity contribution in [3.05, 3.63) is 41.1 Å². The lowest BCUT2D eigenvalue weighted by Gasteiger charge is -2.20. The van der Waals surface area contributed by atoms with Gasteiger partial charge in [0.1, 0.15) is 5.76 Å². The summed E-state index contributed by atoms with van der Waals surface area (Å²) in [4.78, 5) is 17.8. The standard InChI is InChI=1S/C17H21N3O4S/c1-10-7-14-8-15(5-6-16(14)20(10)13(4)21)25(22,23)18-9-17-19-11(2)12(3)24-17/h5-6,8,10,18H,7,9H2,1-4H3. The van der Waals surface area contributed by atoms with Gasteiger partial charge in [0.15, 0.2) is 0 Å². The SMILES string of the molecule is CC(=O)N1c2ccc(S(=O)(=O)NCc3nc(C)c(C)o3)cc2CC1C. The molecule has 3 rings (SSSR count). The topological polar surface area (TPSA) is 92.5 Å². The minimum Gasteiger partial charge on any atom is -0.444 e. The molecule has 1 unspecified atom stereocenters. The number of rotatable bonds is 4. The Balaban J connectivity index is 1.82. The van der Waals surface area contributed by atoms with Gasteiger partial charge in [-0.15, -0.1) is 0 Å². The summed E-state index contributed by atoms with van der Waals surface area (Å²) in [7, 11) is -3.69. The molecule has 1 amide bonds. The molecule has 2 heterocycles. The number of benzene rings is 1. The van der Waals surface area contributed by atoms with E-state index in [-0.39, 0.29) is 23.4 Å². The fourth-order valence-electron chi connectivity index (χ4n) is 3.11. The molecule has 1 aliphatic rings. The highest BCUT2D eigenvalue weighted by atomic mass is 32.2. The second kappa shape index (κ2) is 6.27. The lowest BCUT2D eigenvalue weighted by atomic mass is 10.1. The van der Waals surface area contributed by atoms with Crippen molar-refractivity contribution in [2.45, 2.75) is 51.6 Å². The molecule has 0 aliphatic carbocycles. The van der Waals surface area contributed by atoms with Crippen molar-refractivity contribution in [3.63, 3.8) is 0 Å². The van der Waals surface area contributed by atoms with E-state index in [4.69, 9.17) is 4.42 Å². The summed E-state index contributed by atoms with van der Waals surface area (Å²) in [6, 6.07) is 4.86. The van der Waals surface area contributed by atoms with Crippen molar-refractivity contribution in [2.24, 2.45) is 0 Å². The molecular weight excluding hydrogens is 342 g/mol. The number of anilines is 1. The van der Waals surface area contributed by atoms with Crippen LogP contribution < -0.4 is 9.62 Å². The molecule has 2 aromatic rings. The van der Waals surface area contributed by atoms with Gasteiger partial charge in [0.2, 0.25) is 21.8 Å². The average molecular weight is 363 g/mol. The number of hydrogen-bond donors (Lipinski definition) is 1. The van der Waals surface area contributed by atoms with Crippen LogP contribution in [0.15, 0.2) is 27.5 Å². The van der Waals surface area contributed by atoms with Gasteiger partial charge in [0, 0.05) is 18.7 Å². The summed E-state index contributed by atoms with van der Waals surface area (Å²) in [6.07, 6.45) is 0.635. The van der Waals surface area contributed by atoms with Crippen LogP contribution in [0, 0.1) is 13.8 Å². The van der Waals surface area contributed by atoms with Gasteiger partial charge in [-0.25, -0.2) is 18.1 Å². The number of amides is 1. The second-order valence-corrected chi connectivity index (χ2v) is 8.07. The first-order valence-electron chi connectivity index (χ1n) is 8.04. The Hall–Kier alpha value is -2.19. The van der Waals surface area contributed by atoms with Crippen LogP contribution >= 0.6 is 0 Å². The van der Waals surface area contributed by atoms with Gasteiger partial charge < -0.3 is 9.32 Å². The van der Waals surface area contributed by atoms with E-state index in [9.17, 15) is 13.2 Å². The van der Waals surface area contributed by atoms with Crippen LogP contribution in [-0.4, -0.2) is 25.4 Å². The number of nitrogens with zero attached hydrogens (tertiary/aromatic N) is 2. The van der Waals surface area contributed by atoms with Gasteiger partial charge in [-0.1, -0.05) is 0 Å². The lowest BCUT2D eigenvalue weighted by molar-refractivity contribution is -0.116. The van der Waals surface area contributed by atoms with E-state index >= 15 is 0 Å². The number of aromatic nitrogens is 1. The van der Waals surface area contributed by atoms with Crippen LogP contribution in [0.4, 0.5) is 5.69 Å². The fourth-order valence-corrected chi connectivity index (χ4v) is 4.13. The Kier molecular flexibility index (Phi) is 4.42. The minimum atomic E-state index is -3.69. The monoisotopic (exact) mass is 363 g/mol. The van der Waals surface area contributed by atoms with Crippen molar-refractivity contribution >= 4 is 21.6 Å². The molecule has 1 atom stereocenters. The van der Waals surface area contributed by atoms with E-state index in [1.165, 1.54) is 13.0 Å². The molecule has 0 spiro atoms. The number of hydrogen-bond acceptors (Lipinski definition) is 5. The third kappa shape index (κ3) is 3.32. The van der Waals surface area contributed by atoms with Gasteiger partial charge in [-0.2, -0.15) is 0 Å². The summed E-state index contributed by atoms with van der Waals surface area (Å²) < 4.78 is 33.0. The largest absolute Gasteiger partial charge is 0.444 e. The molecule has 1 aliphatic heterocycles. The van der Waals surface area contributed by atoms with E-state index in [1.54, 1.807) is 30.9 Å². The maximum absolute atomic E-state index is 12.5. The van der Waals surface area contributed by atoms with Crippen LogP contribution in [0.5, 0.6) is 0 Å². The first kappa shape index (κ1) is 17.6. The smallest absolute Gasteiger partial charge is 0.241 e. The number of oxazole rings is 1. The summed E-state index contributed by atoms with van der Waals surface area (Å²) >= 11 is 0. The molecule has 0 fully saturated rings. The van der Waals surface area contributed by atoms with Gasteiger partial charge >= 0.3 is 0 Å².